The number of benzene rings is 1. The fourth-order valence-corrected chi connectivity index (χ4v) is 4.31. The van der Waals surface area contributed by atoms with Gasteiger partial charge in [0.1, 0.15) is 0 Å². The summed E-state index contributed by atoms with van der Waals surface area (Å²) in [5.41, 5.74) is 2.77. The molecule has 20 heavy (non-hydrogen) atoms. The van der Waals surface area contributed by atoms with Gasteiger partial charge in [-0.15, -0.1) is 11.3 Å². The Balaban J connectivity index is 2.05. The lowest BCUT2D eigenvalue weighted by molar-refractivity contribution is 0.601. The minimum Gasteiger partial charge on any atom is -0.254 e. The SMILES string of the molecule is Cc1ncsc1CCS(=O)c1ccc(S(C)(=O)=O)cc1. The number of hydrogen-bond donors (Lipinski definition) is 0. The van der Waals surface area contributed by atoms with E-state index in [0.29, 0.717) is 10.6 Å². The molecule has 0 aliphatic rings. The van der Waals surface area contributed by atoms with Crippen LogP contribution in [0, 0.1) is 6.92 Å². The molecule has 0 N–H and O–H groups in total. The van der Waals surface area contributed by atoms with E-state index in [1.807, 2.05) is 6.92 Å². The fourth-order valence-electron chi connectivity index (χ4n) is 1.71. The molecule has 0 saturated heterocycles. The Morgan fingerprint density at radius 1 is 1.25 bits per heavy atom. The number of aryl methyl sites for hydroxylation is 2. The van der Waals surface area contributed by atoms with Gasteiger partial charge in [-0.3, -0.25) is 4.21 Å². The molecule has 0 radical (unpaired) electrons. The lowest BCUT2D eigenvalue weighted by atomic mass is 10.3. The number of rotatable bonds is 5. The first-order valence-electron chi connectivity index (χ1n) is 5.95. The molecule has 0 aliphatic carbocycles. The molecular weight excluding hydrogens is 314 g/mol. The molecule has 0 amide bonds. The Kier molecular flexibility index (Phi) is 4.72. The highest BCUT2D eigenvalue weighted by Gasteiger charge is 2.10. The Hall–Kier alpha value is -1.05. The van der Waals surface area contributed by atoms with Crippen LogP contribution in [0.4, 0.5) is 0 Å². The Labute approximate surface area is 125 Å². The summed E-state index contributed by atoms with van der Waals surface area (Å²) < 4.78 is 34.9. The number of hydrogen-bond acceptors (Lipinski definition) is 5. The summed E-state index contributed by atoms with van der Waals surface area (Å²) in [6.07, 6.45) is 1.88. The van der Waals surface area contributed by atoms with E-state index < -0.39 is 20.6 Å². The van der Waals surface area contributed by atoms with Crippen LogP contribution in [0.2, 0.25) is 0 Å². The summed E-state index contributed by atoms with van der Waals surface area (Å²) in [5, 5.41) is 0. The van der Waals surface area contributed by atoms with Gasteiger partial charge in [0.05, 0.1) is 26.9 Å². The van der Waals surface area contributed by atoms with Crippen molar-refractivity contribution in [3.05, 3.63) is 40.3 Å². The number of thiazole rings is 1. The minimum atomic E-state index is -3.20. The summed E-state index contributed by atoms with van der Waals surface area (Å²) in [6, 6.07) is 6.24. The predicted molar refractivity (Wildman–Crippen MR) is 81.4 cm³/mol. The van der Waals surface area contributed by atoms with E-state index in [1.165, 1.54) is 12.1 Å². The van der Waals surface area contributed by atoms with Crippen LogP contribution in [-0.4, -0.2) is 29.6 Å². The fraction of sp³-hybridized carbons (Fsp3) is 0.308. The highest BCUT2D eigenvalue weighted by atomic mass is 32.2. The van der Waals surface area contributed by atoms with Gasteiger partial charge in [0.2, 0.25) is 0 Å². The maximum atomic E-state index is 12.2. The van der Waals surface area contributed by atoms with E-state index in [1.54, 1.807) is 29.0 Å². The van der Waals surface area contributed by atoms with Gasteiger partial charge in [-0.25, -0.2) is 13.4 Å². The lowest BCUT2D eigenvalue weighted by Crippen LogP contribution is -2.03. The van der Waals surface area contributed by atoms with Crippen molar-refractivity contribution in [3.63, 3.8) is 0 Å². The maximum absolute atomic E-state index is 12.2. The second kappa shape index (κ2) is 6.15. The van der Waals surface area contributed by atoms with E-state index in [9.17, 15) is 12.6 Å². The van der Waals surface area contributed by atoms with Crippen LogP contribution < -0.4 is 0 Å². The molecule has 0 spiro atoms. The van der Waals surface area contributed by atoms with Crippen LogP contribution in [0.15, 0.2) is 39.6 Å². The summed E-state index contributed by atoms with van der Waals surface area (Å²) in [7, 11) is -4.33. The zero-order valence-electron chi connectivity index (χ0n) is 11.2. The van der Waals surface area contributed by atoms with Gasteiger partial charge in [0.15, 0.2) is 9.84 Å². The Morgan fingerprint density at radius 2 is 1.90 bits per heavy atom. The van der Waals surface area contributed by atoms with Gasteiger partial charge in [-0.2, -0.15) is 0 Å². The van der Waals surface area contributed by atoms with Gasteiger partial charge in [-0.1, -0.05) is 0 Å². The van der Waals surface area contributed by atoms with E-state index in [-0.39, 0.29) is 4.90 Å². The van der Waals surface area contributed by atoms with Crippen molar-refractivity contribution in [2.75, 3.05) is 12.0 Å². The first-order chi connectivity index (χ1) is 9.38. The summed E-state index contributed by atoms with van der Waals surface area (Å²) in [5.74, 6) is 0.515. The molecule has 1 heterocycles. The number of nitrogens with zero attached hydrogens (tertiary/aromatic N) is 1. The summed E-state index contributed by atoms with van der Waals surface area (Å²) in [4.78, 5) is 6.20. The molecule has 2 aromatic rings. The molecule has 1 atom stereocenters. The lowest BCUT2D eigenvalue weighted by Gasteiger charge is -2.03. The molecule has 0 aliphatic heterocycles. The van der Waals surface area contributed by atoms with Gasteiger partial charge in [0, 0.05) is 21.8 Å². The monoisotopic (exact) mass is 329 g/mol. The molecule has 2 rings (SSSR count). The quantitative estimate of drug-likeness (QED) is 0.843. The molecule has 1 unspecified atom stereocenters. The van der Waals surface area contributed by atoms with Crippen molar-refractivity contribution in [2.45, 2.75) is 23.1 Å². The molecule has 7 heteroatoms. The molecule has 0 saturated carbocycles. The van der Waals surface area contributed by atoms with Crippen molar-refractivity contribution >= 4 is 32.0 Å². The second-order valence-electron chi connectivity index (χ2n) is 4.40. The molecule has 0 bridgehead atoms. The van der Waals surface area contributed by atoms with Crippen LogP contribution >= 0.6 is 11.3 Å². The average Bonchev–Trinajstić information content (AvgIpc) is 2.81. The van der Waals surface area contributed by atoms with E-state index in [0.717, 1.165) is 23.2 Å². The van der Waals surface area contributed by atoms with E-state index in [2.05, 4.69) is 4.98 Å². The first-order valence-corrected chi connectivity index (χ1v) is 10.0. The van der Waals surface area contributed by atoms with Crippen molar-refractivity contribution in [1.82, 2.24) is 4.98 Å². The van der Waals surface area contributed by atoms with Crippen molar-refractivity contribution in [3.8, 4) is 0 Å². The van der Waals surface area contributed by atoms with Crippen LogP contribution in [0.3, 0.4) is 0 Å². The Morgan fingerprint density at radius 3 is 2.40 bits per heavy atom. The van der Waals surface area contributed by atoms with Gasteiger partial charge in [-0.05, 0) is 37.6 Å². The smallest absolute Gasteiger partial charge is 0.175 e. The third kappa shape index (κ3) is 3.74. The first kappa shape index (κ1) is 15.3. The topological polar surface area (TPSA) is 64.1 Å². The van der Waals surface area contributed by atoms with Crippen LogP contribution in [-0.2, 0) is 27.1 Å². The van der Waals surface area contributed by atoms with Crippen molar-refractivity contribution < 1.29 is 12.6 Å². The van der Waals surface area contributed by atoms with Gasteiger partial charge < -0.3 is 0 Å². The standard InChI is InChI=1S/C13H15NO3S3/c1-10-13(18-9-14-10)7-8-19(15)11-3-5-12(6-4-11)20(2,16)17/h3-6,9H,7-8H2,1-2H3. The third-order valence-electron chi connectivity index (χ3n) is 2.87. The van der Waals surface area contributed by atoms with Gasteiger partial charge >= 0.3 is 0 Å². The number of aromatic nitrogens is 1. The minimum absolute atomic E-state index is 0.247. The molecule has 0 fully saturated rings. The third-order valence-corrected chi connectivity index (χ3v) is 6.37. The van der Waals surface area contributed by atoms with E-state index in [4.69, 9.17) is 0 Å². The highest BCUT2D eigenvalue weighted by Crippen LogP contribution is 2.17. The van der Waals surface area contributed by atoms with Gasteiger partial charge in [0.25, 0.3) is 0 Å². The Bertz CT molecular complexity index is 718. The van der Waals surface area contributed by atoms with Crippen LogP contribution in [0.25, 0.3) is 0 Å². The zero-order valence-corrected chi connectivity index (χ0v) is 13.6. The second-order valence-corrected chi connectivity index (χ2v) is 8.93. The molecule has 1 aromatic carbocycles. The molecule has 108 valence electrons. The van der Waals surface area contributed by atoms with Crippen LogP contribution in [0.5, 0.6) is 0 Å². The van der Waals surface area contributed by atoms with Crippen molar-refractivity contribution in [2.24, 2.45) is 0 Å². The van der Waals surface area contributed by atoms with Crippen molar-refractivity contribution in [1.29, 1.82) is 0 Å². The molecular formula is C13H15NO3S3. The highest BCUT2D eigenvalue weighted by molar-refractivity contribution is 7.90. The largest absolute Gasteiger partial charge is 0.254 e. The number of sulfone groups is 1. The normalized spacial score (nSPS) is 13.3. The molecule has 1 aromatic heterocycles. The van der Waals surface area contributed by atoms with E-state index >= 15 is 0 Å². The average molecular weight is 329 g/mol. The summed E-state index contributed by atoms with van der Waals surface area (Å²) >= 11 is 1.57. The summed E-state index contributed by atoms with van der Waals surface area (Å²) in [6.45, 7) is 1.94. The maximum Gasteiger partial charge on any atom is 0.175 e. The zero-order chi connectivity index (χ0) is 14.8. The molecule has 4 nitrogen and oxygen atoms in total. The predicted octanol–water partition coefficient (Wildman–Crippen LogP) is 2.21. The van der Waals surface area contributed by atoms with Crippen LogP contribution in [0.1, 0.15) is 10.6 Å².